The van der Waals surface area contributed by atoms with Gasteiger partial charge in [0.05, 0.1) is 12.1 Å². The first-order chi connectivity index (χ1) is 7.44. The molecule has 0 aliphatic carbocycles. The number of likely N-dealkylation sites (N-methyl/N-ethyl adjacent to an activating group) is 1. The Morgan fingerprint density at radius 3 is 1.56 bits per heavy atom. The molecule has 96 valence electrons. The van der Waals surface area contributed by atoms with Crippen LogP contribution in [0.3, 0.4) is 0 Å². The Morgan fingerprint density at radius 2 is 1.56 bits per heavy atom. The van der Waals surface area contributed by atoms with Crippen molar-refractivity contribution in [3.8, 4) is 6.07 Å². The largest absolute Gasteiger partial charge is 0.329 e. The van der Waals surface area contributed by atoms with Crippen LogP contribution in [0.1, 0.15) is 27.7 Å². The first-order valence-electron chi connectivity index (χ1n) is 5.88. The van der Waals surface area contributed by atoms with Gasteiger partial charge in [0.2, 0.25) is 0 Å². The molecule has 0 spiro atoms. The van der Waals surface area contributed by atoms with E-state index in [0.717, 1.165) is 6.54 Å². The number of nitriles is 1. The van der Waals surface area contributed by atoms with E-state index in [9.17, 15) is 0 Å². The Bertz CT molecular complexity index is 180. The topological polar surface area (TPSA) is 73.9 Å². The van der Waals surface area contributed by atoms with Gasteiger partial charge < -0.3 is 16.4 Å². The van der Waals surface area contributed by atoms with Gasteiger partial charge in [0.15, 0.2) is 0 Å². The van der Waals surface area contributed by atoms with Crippen molar-refractivity contribution in [1.29, 1.82) is 5.26 Å². The molecule has 4 N–H and O–H groups in total. The highest BCUT2D eigenvalue weighted by Gasteiger charge is 2.07. The zero-order valence-corrected chi connectivity index (χ0v) is 11.5. The van der Waals surface area contributed by atoms with Gasteiger partial charge in [0.25, 0.3) is 0 Å². The third-order valence-electron chi connectivity index (χ3n) is 2.55. The summed E-state index contributed by atoms with van der Waals surface area (Å²) < 4.78 is 0. The summed E-state index contributed by atoms with van der Waals surface area (Å²) in [7, 11) is 3.74. The SMILES string of the molecule is CNC(C#N)C(C)C.CNC(CN)C(C)C. The third-order valence-corrected chi connectivity index (χ3v) is 2.55. The number of hydrogen-bond acceptors (Lipinski definition) is 4. The molecule has 0 rings (SSSR count). The summed E-state index contributed by atoms with van der Waals surface area (Å²) in [4.78, 5) is 0. The highest BCUT2D eigenvalue weighted by atomic mass is 14.9. The van der Waals surface area contributed by atoms with E-state index in [1.807, 2.05) is 20.9 Å². The summed E-state index contributed by atoms with van der Waals surface area (Å²) in [5, 5.41) is 14.4. The maximum absolute atomic E-state index is 8.38. The van der Waals surface area contributed by atoms with Crippen LogP contribution in [-0.4, -0.2) is 32.7 Å². The molecule has 16 heavy (non-hydrogen) atoms. The third kappa shape index (κ3) is 8.66. The van der Waals surface area contributed by atoms with E-state index >= 15 is 0 Å². The number of rotatable bonds is 5. The maximum Gasteiger partial charge on any atom is 0.0973 e. The Labute approximate surface area is 101 Å². The van der Waals surface area contributed by atoms with Crippen molar-refractivity contribution in [3.05, 3.63) is 0 Å². The van der Waals surface area contributed by atoms with Crippen LogP contribution in [0.2, 0.25) is 0 Å². The van der Waals surface area contributed by atoms with Crippen molar-refractivity contribution < 1.29 is 0 Å². The Kier molecular flexibility index (Phi) is 12.1. The van der Waals surface area contributed by atoms with Crippen LogP contribution in [0.4, 0.5) is 0 Å². The smallest absolute Gasteiger partial charge is 0.0973 e. The molecular formula is C12H28N4. The summed E-state index contributed by atoms with van der Waals surface area (Å²) in [6.07, 6.45) is 0. The highest BCUT2D eigenvalue weighted by molar-refractivity contribution is 4.90. The fourth-order valence-electron chi connectivity index (χ4n) is 1.27. The van der Waals surface area contributed by atoms with Crippen LogP contribution in [0.15, 0.2) is 0 Å². The van der Waals surface area contributed by atoms with Crippen molar-refractivity contribution in [3.63, 3.8) is 0 Å². The van der Waals surface area contributed by atoms with Gasteiger partial charge in [-0.1, -0.05) is 27.7 Å². The molecular weight excluding hydrogens is 200 g/mol. The average Bonchev–Trinajstić information content (AvgIpc) is 2.21. The minimum Gasteiger partial charge on any atom is -0.329 e. The molecule has 4 heteroatoms. The normalized spacial score (nSPS) is 14.0. The fraction of sp³-hybridized carbons (Fsp3) is 0.917. The summed E-state index contributed by atoms with van der Waals surface area (Å²) in [6, 6.07) is 2.63. The first kappa shape index (κ1) is 17.8. The Hall–Kier alpha value is -0.630. The van der Waals surface area contributed by atoms with Crippen LogP contribution >= 0.6 is 0 Å². The fourth-order valence-corrected chi connectivity index (χ4v) is 1.27. The summed E-state index contributed by atoms with van der Waals surface area (Å²) in [5.74, 6) is 1.05. The van der Waals surface area contributed by atoms with E-state index in [-0.39, 0.29) is 6.04 Å². The van der Waals surface area contributed by atoms with E-state index in [1.165, 1.54) is 0 Å². The van der Waals surface area contributed by atoms with E-state index in [0.29, 0.717) is 17.9 Å². The van der Waals surface area contributed by atoms with Crippen LogP contribution < -0.4 is 16.4 Å². The molecule has 4 nitrogen and oxygen atoms in total. The van der Waals surface area contributed by atoms with Crippen molar-refractivity contribution in [2.24, 2.45) is 17.6 Å². The molecule has 0 heterocycles. The molecule has 0 saturated heterocycles. The molecule has 0 aromatic carbocycles. The Morgan fingerprint density at radius 1 is 1.06 bits per heavy atom. The van der Waals surface area contributed by atoms with Crippen molar-refractivity contribution >= 4 is 0 Å². The number of nitrogens with two attached hydrogens (primary N) is 1. The second-order valence-electron chi connectivity index (χ2n) is 4.51. The molecule has 0 aliphatic heterocycles. The number of hydrogen-bond donors (Lipinski definition) is 3. The maximum atomic E-state index is 8.38. The lowest BCUT2D eigenvalue weighted by Crippen LogP contribution is -2.37. The van der Waals surface area contributed by atoms with Gasteiger partial charge in [0, 0.05) is 12.6 Å². The van der Waals surface area contributed by atoms with Crippen molar-refractivity contribution in [2.45, 2.75) is 39.8 Å². The van der Waals surface area contributed by atoms with Gasteiger partial charge in [-0.2, -0.15) is 5.26 Å². The quantitative estimate of drug-likeness (QED) is 0.655. The lowest BCUT2D eigenvalue weighted by Gasteiger charge is -2.16. The minimum atomic E-state index is 0.00926. The Balaban J connectivity index is 0. The number of nitrogens with one attached hydrogen (secondary N) is 2. The molecule has 0 bridgehead atoms. The lowest BCUT2D eigenvalue weighted by molar-refractivity contribution is 0.435. The van der Waals surface area contributed by atoms with Gasteiger partial charge in [-0.25, -0.2) is 0 Å². The molecule has 2 unspecified atom stereocenters. The monoisotopic (exact) mass is 228 g/mol. The second-order valence-corrected chi connectivity index (χ2v) is 4.51. The molecule has 0 aromatic rings. The summed E-state index contributed by atoms with van der Waals surface area (Å²) >= 11 is 0. The summed E-state index contributed by atoms with van der Waals surface area (Å²) in [6.45, 7) is 9.09. The molecule has 2 atom stereocenters. The first-order valence-corrected chi connectivity index (χ1v) is 5.88. The van der Waals surface area contributed by atoms with Crippen molar-refractivity contribution in [1.82, 2.24) is 10.6 Å². The molecule has 0 aromatic heterocycles. The van der Waals surface area contributed by atoms with E-state index in [4.69, 9.17) is 11.0 Å². The van der Waals surface area contributed by atoms with Crippen LogP contribution in [0, 0.1) is 23.2 Å². The van der Waals surface area contributed by atoms with Gasteiger partial charge >= 0.3 is 0 Å². The summed E-state index contributed by atoms with van der Waals surface area (Å²) in [5.41, 5.74) is 5.42. The molecule has 0 saturated carbocycles. The van der Waals surface area contributed by atoms with E-state index in [2.05, 4.69) is 30.6 Å². The average molecular weight is 228 g/mol. The van der Waals surface area contributed by atoms with Gasteiger partial charge in [-0.3, -0.25) is 0 Å². The standard InChI is InChI=1S/C6H16N2.C6H12N2/c2*1-5(2)6(4-7)8-3/h5-6,8H,4,7H2,1-3H3;5-6,8H,1-3H3. The lowest BCUT2D eigenvalue weighted by atomic mass is 10.1. The van der Waals surface area contributed by atoms with E-state index in [1.54, 1.807) is 7.05 Å². The highest BCUT2D eigenvalue weighted by Crippen LogP contribution is 1.97. The van der Waals surface area contributed by atoms with Gasteiger partial charge in [-0.05, 0) is 25.9 Å². The van der Waals surface area contributed by atoms with Crippen molar-refractivity contribution in [2.75, 3.05) is 20.6 Å². The minimum absolute atomic E-state index is 0.00926. The second kappa shape index (κ2) is 10.9. The molecule has 0 fully saturated rings. The van der Waals surface area contributed by atoms with E-state index < -0.39 is 0 Å². The predicted molar refractivity (Wildman–Crippen MR) is 70.0 cm³/mol. The predicted octanol–water partition coefficient (Wildman–Crippen LogP) is 0.943. The number of nitrogens with zero attached hydrogens (tertiary/aromatic N) is 1. The molecule has 0 amide bonds. The molecule has 0 radical (unpaired) electrons. The van der Waals surface area contributed by atoms with Gasteiger partial charge in [0.1, 0.15) is 0 Å². The zero-order valence-electron chi connectivity index (χ0n) is 11.5. The van der Waals surface area contributed by atoms with Crippen LogP contribution in [-0.2, 0) is 0 Å². The molecule has 0 aliphatic rings. The van der Waals surface area contributed by atoms with Crippen LogP contribution in [0.25, 0.3) is 0 Å². The van der Waals surface area contributed by atoms with Crippen LogP contribution in [0.5, 0.6) is 0 Å². The zero-order chi connectivity index (χ0) is 13.1. The van der Waals surface area contributed by atoms with Gasteiger partial charge in [-0.15, -0.1) is 0 Å².